The summed E-state index contributed by atoms with van der Waals surface area (Å²) >= 11 is 5.58. The van der Waals surface area contributed by atoms with Crippen LogP contribution in [0.2, 0.25) is 5.02 Å². The highest BCUT2D eigenvalue weighted by atomic mass is 35.5. The number of nitrogens with two attached hydrogens (primary N) is 1. The van der Waals surface area contributed by atoms with E-state index in [9.17, 15) is 9.50 Å². The zero-order valence-corrected chi connectivity index (χ0v) is 11.6. The number of rotatable bonds is 2. The van der Waals surface area contributed by atoms with Crippen LogP contribution in [0.1, 0.15) is 32.4 Å². The Labute approximate surface area is 112 Å². The third kappa shape index (κ3) is 4.11. The van der Waals surface area contributed by atoms with Crippen molar-refractivity contribution in [3.05, 3.63) is 34.6 Å². The Bertz CT molecular complexity index is 379. The van der Waals surface area contributed by atoms with Crippen LogP contribution in [0.5, 0.6) is 0 Å². The zero-order valence-electron chi connectivity index (χ0n) is 10.1. The van der Waals surface area contributed by atoms with Gasteiger partial charge in [-0.15, -0.1) is 12.4 Å². The van der Waals surface area contributed by atoms with E-state index in [0.717, 1.165) is 0 Å². The molecule has 0 aliphatic heterocycles. The van der Waals surface area contributed by atoms with Gasteiger partial charge in [0.1, 0.15) is 5.82 Å². The fraction of sp³-hybridized carbons (Fsp3) is 0.500. The van der Waals surface area contributed by atoms with E-state index in [1.807, 2.05) is 20.8 Å². The fourth-order valence-electron chi connectivity index (χ4n) is 1.44. The first-order chi connectivity index (χ1) is 7.23. The highest BCUT2D eigenvalue weighted by Crippen LogP contribution is 2.29. The van der Waals surface area contributed by atoms with Gasteiger partial charge < -0.3 is 10.8 Å². The summed E-state index contributed by atoms with van der Waals surface area (Å²) in [7, 11) is 0. The minimum absolute atomic E-state index is 0. The molecule has 2 atom stereocenters. The van der Waals surface area contributed by atoms with Gasteiger partial charge in [-0.3, -0.25) is 0 Å². The molecule has 0 aromatic heterocycles. The molecular formula is C12H18Cl2FNO. The summed E-state index contributed by atoms with van der Waals surface area (Å²) < 4.78 is 13.2. The van der Waals surface area contributed by atoms with Crippen LogP contribution in [0.25, 0.3) is 0 Å². The zero-order chi connectivity index (χ0) is 12.5. The molecule has 0 aliphatic rings. The lowest BCUT2D eigenvalue weighted by Crippen LogP contribution is -2.37. The van der Waals surface area contributed by atoms with Gasteiger partial charge in [-0.25, -0.2) is 4.39 Å². The molecule has 0 saturated carbocycles. The number of halogens is 3. The van der Waals surface area contributed by atoms with E-state index in [4.69, 9.17) is 17.3 Å². The van der Waals surface area contributed by atoms with E-state index in [1.54, 1.807) is 6.07 Å². The topological polar surface area (TPSA) is 46.2 Å². The van der Waals surface area contributed by atoms with Crippen molar-refractivity contribution in [1.29, 1.82) is 0 Å². The van der Waals surface area contributed by atoms with E-state index >= 15 is 0 Å². The maximum absolute atomic E-state index is 13.2. The van der Waals surface area contributed by atoms with Crippen molar-refractivity contribution in [2.75, 3.05) is 0 Å². The maximum Gasteiger partial charge on any atom is 0.142 e. The summed E-state index contributed by atoms with van der Waals surface area (Å²) in [6.45, 7) is 5.64. The van der Waals surface area contributed by atoms with Gasteiger partial charge in [0, 0.05) is 0 Å². The van der Waals surface area contributed by atoms with Crippen LogP contribution >= 0.6 is 24.0 Å². The van der Waals surface area contributed by atoms with E-state index in [1.165, 1.54) is 12.1 Å². The van der Waals surface area contributed by atoms with Crippen molar-refractivity contribution in [2.24, 2.45) is 11.1 Å². The Morgan fingerprint density at radius 2 is 1.88 bits per heavy atom. The van der Waals surface area contributed by atoms with Crippen LogP contribution in [0, 0.1) is 11.2 Å². The van der Waals surface area contributed by atoms with Crippen LogP contribution in [-0.4, -0.2) is 11.2 Å². The van der Waals surface area contributed by atoms with Crippen LogP contribution in [0.15, 0.2) is 18.2 Å². The van der Waals surface area contributed by atoms with Gasteiger partial charge in [0.2, 0.25) is 0 Å². The van der Waals surface area contributed by atoms with Crippen LogP contribution in [0.3, 0.4) is 0 Å². The number of benzene rings is 1. The Morgan fingerprint density at radius 1 is 1.35 bits per heavy atom. The molecule has 17 heavy (non-hydrogen) atoms. The standard InChI is InChI=1S/C12H17ClFNO.ClH/c1-12(2,3)11(16)10(15)7-4-5-8(13)9(14)6-7;/h4-6,10-11,16H,15H2,1-3H3;1H/t10-,11-;/m1./s1. The lowest BCUT2D eigenvalue weighted by molar-refractivity contribution is 0.0400. The van der Waals surface area contributed by atoms with Gasteiger partial charge in [0.15, 0.2) is 0 Å². The van der Waals surface area contributed by atoms with Crippen molar-refractivity contribution in [1.82, 2.24) is 0 Å². The number of hydrogen-bond donors (Lipinski definition) is 2. The molecule has 0 bridgehead atoms. The highest BCUT2D eigenvalue weighted by Gasteiger charge is 2.29. The SMILES string of the molecule is CC(C)(C)[C@H](O)[C@H](N)c1ccc(Cl)c(F)c1.Cl. The molecule has 5 heteroatoms. The summed E-state index contributed by atoms with van der Waals surface area (Å²) in [4.78, 5) is 0. The maximum atomic E-state index is 13.2. The third-order valence-electron chi connectivity index (χ3n) is 2.56. The minimum atomic E-state index is -0.743. The number of aliphatic hydroxyl groups excluding tert-OH is 1. The normalized spacial score (nSPS) is 15.0. The monoisotopic (exact) mass is 281 g/mol. The molecule has 0 amide bonds. The molecule has 1 aromatic rings. The van der Waals surface area contributed by atoms with Crippen molar-refractivity contribution in [2.45, 2.75) is 32.9 Å². The summed E-state index contributed by atoms with van der Waals surface area (Å²) in [5.41, 5.74) is 6.08. The molecule has 98 valence electrons. The number of aliphatic hydroxyl groups is 1. The molecule has 0 fully saturated rings. The Kier molecular flexibility index (Phi) is 5.88. The van der Waals surface area contributed by atoms with Crippen LogP contribution < -0.4 is 5.73 Å². The average molecular weight is 282 g/mol. The molecule has 0 spiro atoms. The summed E-state index contributed by atoms with van der Waals surface area (Å²) in [5, 5.41) is 10.0. The highest BCUT2D eigenvalue weighted by molar-refractivity contribution is 6.30. The van der Waals surface area contributed by atoms with Gasteiger partial charge >= 0.3 is 0 Å². The fourth-order valence-corrected chi connectivity index (χ4v) is 1.56. The third-order valence-corrected chi connectivity index (χ3v) is 2.86. The molecule has 1 aromatic carbocycles. The summed E-state index contributed by atoms with van der Waals surface area (Å²) in [5.74, 6) is -0.518. The molecule has 1 rings (SSSR count). The largest absolute Gasteiger partial charge is 0.391 e. The van der Waals surface area contributed by atoms with Gasteiger partial charge in [-0.1, -0.05) is 38.4 Å². The van der Waals surface area contributed by atoms with E-state index in [-0.39, 0.29) is 22.8 Å². The second kappa shape index (κ2) is 6.01. The van der Waals surface area contributed by atoms with Crippen LogP contribution in [0.4, 0.5) is 4.39 Å². The van der Waals surface area contributed by atoms with E-state index in [2.05, 4.69) is 0 Å². The Morgan fingerprint density at radius 3 is 2.29 bits per heavy atom. The molecule has 0 unspecified atom stereocenters. The molecular weight excluding hydrogens is 264 g/mol. The predicted octanol–water partition coefficient (Wildman–Crippen LogP) is 3.31. The lowest BCUT2D eigenvalue weighted by atomic mass is 9.82. The van der Waals surface area contributed by atoms with Gasteiger partial charge in [-0.05, 0) is 23.1 Å². The molecule has 3 N–H and O–H groups in total. The van der Waals surface area contributed by atoms with Crippen molar-refractivity contribution >= 4 is 24.0 Å². The van der Waals surface area contributed by atoms with Crippen molar-refractivity contribution < 1.29 is 9.50 Å². The first-order valence-corrected chi connectivity index (χ1v) is 5.50. The summed E-state index contributed by atoms with van der Waals surface area (Å²) in [6.07, 6.45) is -0.743. The van der Waals surface area contributed by atoms with Crippen molar-refractivity contribution in [3.8, 4) is 0 Å². The molecule has 0 heterocycles. The smallest absolute Gasteiger partial charge is 0.142 e. The molecule has 2 nitrogen and oxygen atoms in total. The Hall–Kier alpha value is -0.350. The molecule has 0 aliphatic carbocycles. The average Bonchev–Trinajstić information content (AvgIpc) is 2.18. The van der Waals surface area contributed by atoms with Gasteiger partial charge in [0.25, 0.3) is 0 Å². The van der Waals surface area contributed by atoms with Crippen molar-refractivity contribution in [3.63, 3.8) is 0 Å². The lowest BCUT2D eigenvalue weighted by Gasteiger charge is -2.31. The van der Waals surface area contributed by atoms with Gasteiger partial charge in [-0.2, -0.15) is 0 Å². The first kappa shape index (κ1) is 16.6. The van der Waals surface area contributed by atoms with E-state index < -0.39 is 18.0 Å². The predicted molar refractivity (Wildman–Crippen MR) is 71.0 cm³/mol. The molecule has 0 radical (unpaired) electrons. The quantitative estimate of drug-likeness (QED) is 0.874. The van der Waals surface area contributed by atoms with Gasteiger partial charge in [0.05, 0.1) is 17.2 Å². The van der Waals surface area contributed by atoms with E-state index in [0.29, 0.717) is 5.56 Å². The molecule has 0 saturated heterocycles. The second-order valence-electron chi connectivity index (χ2n) is 5.01. The second-order valence-corrected chi connectivity index (χ2v) is 5.42. The first-order valence-electron chi connectivity index (χ1n) is 5.12. The minimum Gasteiger partial charge on any atom is -0.391 e. The number of hydrogen-bond acceptors (Lipinski definition) is 2. The Balaban J connectivity index is 0.00000256. The van der Waals surface area contributed by atoms with Crippen LogP contribution in [-0.2, 0) is 0 Å². The summed E-state index contributed by atoms with van der Waals surface area (Å²) in [6, 6.07) is 3.72.